The molecule has 1 aliphatic rings. The number of hydrogen-bond donors (Lipinski definition) is 1. The number of nitrogens with one attached hydrogen (secondary N) is 1. The molecule has 1 aromatic rings. The lowest BCUT2D eigenvalue weighted by Gasteiger charge is -2.38. The van der Waals surface area contributed by atoms with Crippen LogP contribution in [-0.2, 0) is 9.22 Å². The van der Waals surface area contributed by atoms with Gasteiger partial charge in [0.15, 0.2) is 8.32 Å². The van der Waals surface area contributed by atoms with Crippen molar-refractivity contribution in [2.45, 2.75) is 58.3 Å². The molecular formula is C20H36N8O2Si. The van der Waals surface area contributed by atoms with Gasteiger partial charge in [0, 0.05) is 50.0 Å². The van der Waals surface area contributed by atoms with Crippen LogP contribution in [0.15, 0.2) is 17.5 Å². The summed E-state index contributed by atoms with van der Waals surface area (Å²) in [5.41, 5.74) is 8.88. The van der Waals surface area contributed by atoms with Crippen LogP contribution in [0.5, 0.6) is 0 Å². The molecule has 10 nitrogen and oxygen atoms in total. The van der Waals surface area contributed by atoms with Crippen molar-refractivity contribution in [1.82, 2.24) is 20.2 Å². The molecule has 1 amide bonds. The van der Waals surface area contributed by atoms with Crippen LogP contribution >= 0.6 is 0 Å². The van der Waals surface area contributed by atoms with E-state index < -0.39 is 8.32 Å². The monoisotopic (exact) mass is 448 g/mol. The Hall–Kier alpha value is -2.20. The van der Waals surface area contributed by atoms with Crippen molar-refractivity contribution in [3.63, 3.8) is 0 Å². The standard InChI is InChI=1S/C20H36N8O2Si/c1-7-9-27(11-12-30-31(5,6)20(2,3)4)18(29)17-15-28(10-8-22-17)19-23-13-16(14-24-19)25-26-21/h13-14,17,22H,7-12,15H2,1-6H3/t17-/m1/s1. The number of nitrogens with zero attached hydrogens (tertiary/aromatic N) is 7. The zero-order valence-electron chi connectivity index (χ0n) is 19.6. The van der Waals surface area contributed by atoms with Crippen LogP contribution in [0.3, 0.4) is 0 Å². The summed E-state index contributed by atoms with van der Waals surface area (Å²) in [5.74, 6) is 0.607. The molecule has 2 heterocycles. The van der Waals surface area contributed by atoms with Crippen molar-refractivity contribution < 1.29 is 9.22 Å². The van der Waals surface area contributed by atoms with Crippen molar-refractivity contribution in [1.29, 1.82) is 0 Å². The van der Waals surface area contributed by atoms with Crippen molar-refractivity contribution in [3.8, 4) is 0 Å². The Morgan fingerprint density at radius 1 is 1.39 bits per heavy atom. The molecule has 1 aliphatic heterocycles. The van der Waals surface area contributed by atoms with Crippen LogP contribution in [0.2, 0.25) is 18.1 Å². The highest BCUT2D eigenvalue weighted by Crippen LogP contribution is 2.36. The number of amides is 1. The highest BCUT2D eigenvalue weighted by molar-refractivity contribution is 6.74. The van der Waals surface area contributed by atoms with E-state index in [0.29, 0.717) is 51.0 Å². The molecule has 1 fully saturated rings. The van der Waals surface area contributed by atoms with Crippen molar-refractivity contribution in [2.75, 3.05) is 44.2 Å². The van der Waals surface area contributed by atoms with Gasteiger partial charge in [-0.2, -0.15) is 0 Å². The lowest BCUT2D eigenvalue weighted by atomic mass is 10.1. The summed E-state index contributed by atoms with van der Waals surface area (Å²) in [7, 11) is -1.84. The smallest absolute Gasteiger partial charge is 0.241 e. The maximum Gasteiger partial charge on any atom is 0.241 e. The van der Waals surface area contributed by atoms with E-state index in [9.17, 15) is 4.79 Å². The number of rotatable bonds is 9. The van der Waals surface area contributed by atoms with Crippen LogP contribution in [0.4, 0.5) is 11.6 Å². The molecule has 1 aromatic heterocycles. The van der Waals surface area contributed by atoms with E-state index in [-0.39, 0.29) is 17.0 Å². The zero-order chi connectivity index (χ0) is 23.1. The highest BCUT2D eigenvalue weighted by Gasteiger charge is 2.37. The van der Waals surface area contributed by atoms with E-state index in [2.05, 4.69) is 66.1 Å². The fourth-order valence-corrected chi connectivity index (χ4v) is 4.16. The summed E-state index contributed by atoms with van der Waals surface area (Å²) in [6, 6.07) is -0.325. The maximum atomic E-state index is 13.3. The molecule has 1 saturated heterocycles. The molecule has 0 spiro atoms. The molecule has 0 bridgehead atoms. The van der Waals surface area contributed by atoms with Gasteiger partial charge in [-0.3, -0.25) is 4.79 Å². The van der Waals surface area contributed by atoms with Crippen LogP contribution < -0.4 is 10.2 Å². The molecular weight excluding hydrogens is 412 g/mol. The normalized spacial score (nSPS) is 17.2. The van der Waals surface area contributed by atoms with Crippen LogP contribution in [-0.4, -0.2) is 74.5 Å². The lowest BCUT2D eigenvalue weighted by Crippen LogP contribution is -2.58. The SMILES string of the molecule is CCCN(CCO[Si](C)(C)C(C)(C)C)C(=O)[C@H]1CN(c2ncc(N=[N+]=[N-])cn2)CCN1. The summed E-state index contributed by atoms with van der Waals surface area (Å²) >= 11 is 0. The highest BCUT2D eigenvalue weighted by atomic mass is 28.4. The topological polar surface area (TPSA) is 119 Å². The minimum atomic E-state index is -1.84. The maximum absolute atomic E-state index is 13.3. The average molecular weight is 449 g/mol. The molecule has 172 valence electrons. The third-order valence-electron chi connectivity index (χ3n) is 5.98. The summed E-state index contributed by atoms with van der Waals surface area (Å²) in [6.07, 6.45) is 3.87. The molecule has 0 saturated carbocycles. The van der Waals surface area contributed by atoms with Gasteiger partial charge >= 0.3 is 0 Å². The molecule has 0 radical (unpaired) electrons. The second-order valence-electron chi connectivity index (χ2n) is 9.32. The number of hydrogen-bond acceptors (Lipinski definition) is 7. The first-order valence-corrected chi connectivity index (χ1v) is 13.8. The first kappa shape index (κ1) is 25.1. The Balaban J connectivity index is 1.99. The number of anilines is 1. The second kappa shape index (κ2) is 10.9. The second-order valence-corrected chi connectivity index (χ2v) is 14.1. The zero-order valence-corrected chi connectivity index (χ0v) is 20.6. The Bertz CT molecular complexity index is 774. The summed E-state index contributed by atoms with van der Waals surface area (Å²) in [4.78, 5) is 28.4. The minimum Gasteiger partial charge on any atom is -0.415 e. The van der Waals surface area contributed by atoms with Gasteiger partial charge in [-0.25, -0.2) is 9.97 Å². The minimum absolute atomic E-state index is 0.0797. The fourth-order valence-electron chi connectivity index (χ4n) is 3.13. The van der Waals surface area contributed by atoms with E-state index in [4.69, 9.17) is 9.96 Å². The Morgan fingerprint density at radius 2 is 2.06 bits per heavy atom. The Morgan fingerprint density at radius 3 is 2.65 bits per heavy atom. The predicted octanol–water partition coefficient (Wildman–Crippen LogP) is 3.46. The van der Waals surface area contributed by atoms with Crippen molar-refractivity contribution in [3.05, 3.63) is 22.8 Å². The Labute approximate surface area is 186 Å². The van der Waals surface area contributed by atoms with Gasteiger partial charge in [0.2, 0.25) is 11.9 Å². The quantitative estimate of drug-likeness (QED) is 0.267. The van der Waals surface area contributed by atoms with Gasteiger partial charge in [-0.15, -0.1) is 0 Å². The number of piperazine rings is 1. The van der Waals surface area contributed by atoms with E-state index in [1.807, 2.05) is 9.80 Å². The largest absolute Gasteiger partial charge is 0.415 e. The van der Waals surface area contributed by atoms with Gasteiger partial charge in [0.25, 0.3) is 0 Å². The molecule has 2 rings (SSSR count). The van der Waals surface area contributed by atoms with Crippen LogP contribution in [0.1, 0.15) is 34.1 Å². The third kappa shape index (κ3) is 6.89. The summed E-state index contributed by atoms with van der Waals surface area (Å²) in [6.45, 7) is 16.9. The van der Waals surface area contributed by atoms with Gasteiger partial charge in [0.05, 0.1) is 12.3 Å². The van der Waals surface area contributed by atoms with E-state index in [1.165, 1.54) is 12.4 Å². The first-order valence-electron chi connectivity index (χ1n) is 10.9. The predicted molar refractivity (Wildman–Crippen MR) is 125 cm³/mol. The number of azide groups is 1. The molecule has 0 aliphatic carbocycles. The number of carbonyl (C=O) groups excluding carboxylic acids is 1. The molecule has 31 heavy (non-hydrogen) atoms. The molecule has 1 N–H and O–H groups in total. The summed E-state index contributed by atoms with van der Waals surface area (Å²) < 4.78 is 6.29. The van der Waals surface area contributed by atoms with E-state index in [1.54, 1.807) is 0 Å². The summed E-state index contributed by atoms with van der Waals surface area (Å²) in [5, 5.41) is 6.97. The van der Waals surface area contributed by atoms with Gasteiger partial charge in [-0.05, 0) is 30.1 Å². The fraction of sp³-hybridized carbons (Fsp3) is 0.750. The van der Waals surface area contributed by atoms with Crippen LogP contribution in [0, 0.1) is 0 Å². The first-order chi connectivity index (χ1) is 14.6. The van der Waals surface area contributed by atoms with Gasteiger partial charge in [-0.1, -0.05) is 32.8 Å². The number of aromatic nitrogens is 2. The Kier molecular flexibility index (Phi) is 8.81. The van der Waals surface area contributed by atoms with Gasteiger partial charge in [0.1, 0.15) is 6.04 Å². The number of carbonyl (C=O) groups is 1. The lowest BCUT2D eigenvalue weighted by molar-refractivity contribution is -0.134. The molecule has 0 aromatic carbocycles. The van der Waals surface area contributed by atoms with E-state index >= 15 is 0 Å². The van der Waals surface area contributed by atoms with Crippen LogP contribution in [0.25, 0.3) is 10.4 Å². The van der Waals surface area contributed by atoms with E-state index in [0.717, 1.165) is 6.42 Å². The molecule has 1 atom stereocenters. The van der Waals surface area contributed by atoms with Crippen molar-refractivity contribution >= 4 is 25.9 Å². The van der Waals surface area contributed by atoms with Gasteiger partial charge < -0.3 is 19.5 Å². The van der Waals surface area contributed by atoms with Crippen molar-refractivity contribution in [2.24, 2.45) is 5.11 Å². The average Bonchev–Trinajstić information content (AvgIpc) is 2.72. The molecule has 0 unspecified atom stereocenters. The third-order valence-corrected chi connectivity index (χ3v) is 10.5. The molecule has 11 heteroatoms.